The van der Waals surface area contributed by atoms with E-state index in [4.69, 9.17) is 9.84 Å². The van der Waals surface area contributed by atoms with Crippen LogP contribution in [0.1, 0.15) is 42.6 Å². The number of amides is 1. The van der Waals surface area contributed by atoms with Crippen LogP contribution in [-0.2, 0) is 4.74 Å². The minimum Gasteiger partial charge on any atom is -0.395 e. The Labute approximate surface area is 125 Å². The highest BCUT2D eigenvalue weighted by Crippen LogP contribution is 2.25. The van der Waals surface area contributed by atoms with Gasteiger partial charge in [-0.1, -0.05) is 17.9 Å². The number of rotatable bonds is 3. The molecule has 112 valence electrons. The number of hydrogen-bond donors (Lipinski definition) is 2. The van der Waals surface area contributed by atoms with Crippen LogP contribution in [0, 0.1) is 11.8 Å². The molecule has 21 heavy (non-hydrogen) atoms. The van der Waals surface area contributed by atoms with Gasteiger partial charge in [0.05, 0.1) is 18.2 Å². The molecule has 0 saturated carbocycles. The first-order valence-electron chi connectivity index (χ1n) is 7.19. The third kappa shape index (κ3) is 3.84. The van der Waals surface area contributed by atoms with Gasteiger partial charge in [-0.05, 0) is 38.5 Å². The van der Waals surface area contributed by atoms with E-state index in [9.17, 15) is 4.79 Å². The van der Waals surface area contributed by atoms with E-state index in [1.165, 1.54) is 0 Å². The summed E-state index contributed by atoms with van der Waals surface area (Å²) in [6.07, 6.45) is 1.26. The summed E-state index contributed by atoms with van der Waals surface area (Å²) < 4.78 is 5.53. The quantitative estimate of drug-likeness (QED) is 0.832. The van der Waals surface area contributed by atoms with Gasteiger partial charge in [-0.2, -0.15) is 0 Å². The predicted octanol–water partition coefficient (Wildman–Crippen LogP) is 1.72. The SMILES string of the molecule is CC1OCCC1(C)NC(=O)c1cccc(C#CCCO)c1. The molecule has 2 rings (SSSR count). The lowest BCUT2D eigenvalue weighted by atomic mass is 9.94. The topological polar surface area (TPSA) is 58.6 Å². The van der Waals surface area contributed by atoms with Crippen LogP contribution >= 0.6 is 0 Å². The van der Waals surface area contributed by atoms with Gasteiger partial charge >= 0.3 is 0 Å². The minimum absolute atomic E-state index is 0.00831. The van der Waals surface area contributed by atoms with Crippen molar-refractivity contribution in [1.82, 2.24) is 5.32 Å². The van der Waals surface area contributed by atoms with Crippen LogP contribution in [0.5, 0.6) is 0 Å². The first kappa shape index (κ1) is 15.6. The smallest absolute Gasteiger partial charge is 0.251 e. The maximum absolute atomic E-state index is 12.4. The minimum atomic E-state index is -0.324. The lowest BCUT2D eigenvalue weighted by Gasteiger charge is -2.28. The highest BCUT2D eigenvalue weighted by Gasteiger charge is 2.38. The summed E-state index contributed by atoms with van der Waals surface area (Å²) in [6, 6.07) is 7.21. The van der Waals surface area contributed by atoms with Crippen molar-refractivity contribution in [3.05, 3.63) is 35.4 Å². The second-order valence-electron chi connectivity index (χ2n) is 5.49. The van der Waals surface area contributed by atoms with Crippen molar-refractivity contribution in [3.63, 3.8) is 0 Å². The Hall–Kier alpha value is -1.83. The Kier molecular flexibility index (Phi) is 5.00. The summed E-state index contributed by atoms with van der Waals surface area (Å²) in [5.74, 6) is 5.68. The molecule has 1 aliphatic rings. The van der Waals surface area contributed by atoms with Crippen molar-refractivity contribution < 1.29 is 14.6 Å². The normalized spacial score (nSPS) is 24.2. The number of ether oxygens (including phenoxy) is 1. The Morgan fingerprint density at radius 2 is 2.38 bits per heavy atom. The van der Waals surface area contributed by atoms with Gasteiger partial charge in [-0.25, -0.2) is 0 Å². The molecular formula is C17H21NO3. The Bertz CT molecular complexity index is 573. The zero-order valence-corrected chi connectivity index (χ0v) is 12.5. The van der Waals surface area contributed by atoms with E-state index in [-0.39, 0.29) is 24.2 Å². The number of benzene rings is 1. The van der Waals surface area contributed by atoms with Gasteiger partial charge in [0.25, 0.3) is 5.91 Å². The standard InChI is InChI=1S/C17H21NO3/c1-13-17(2,9-11-21-13)18-16(20)15-8-5-7-14(12-15)6-3-4-10-19/h5,7-8,12-13,19H,4,9-11H2,1-2H3,(H,18,20). The molecule has 0 aromatic heterocycles. The highest BCUT2D eigenvalue weighted by molar-refractivity contribution is 5.95. The lowest BCUT2D eigenvalue weighted by molar-refractivity contribution is 0.0727. The van der Waals surface area contributed by atoms with E-state index < -0.39 is 0 Å². The Morgan fingerprint density at radius 1 is 1.57 bits per heavy atom. The number of aliphatic hydroxyl groups is 1. The lowest BCUT2D eigenvalue weighted by Crippen LogP contribution is -2.50. The van der Waals surface area contributed by atoms with Gasteiger partial charge in [0.1, 0.15) is 0 Å². The van der Waals surface area contributed by atoms with Crippen LogP contribution in [-0.4, -0.2) is 35.9 Å². The van der Waals surface area contributed by atoms with Crippen LogP contribution in [0.15, 0.2) is 24.3 Å². The summed E-state index contributed by atoms with van der Waals surface area (Å²) in [6.45, 7) is 4.70. The number of carbonyl (C=O) groups excluding carboxylic acids is 1. The zero-order valence-electron chi connectivity index (χ0n) is 12.5. The molecule has 0 aliphatic carbocycles. The van der Waals surface area contributed by atoms with Crippen molar-refractivity contribution in [2.45, 2.75) is 38.3 Å². The number of hydrogen-bond acceptors (Lipinski definition) is 3. The van der Waals surface area contributed by atoms with Crippen molar-refractivity contribution in [2.75, 3.05) is 13.2 Å². The fraction of sp³-hybridized carbons (Fsp3) is 0.471. The molecule has 4 nitrogen and oxygen atoms in total. The third-order valence-electron chi connectivity index (χ3n) is 3.88. The molecule has 1 amide bonds. The summed E-state index contributed by atoms with van der Waals surface area (Å²) in [5.41, 5.74) is 1.04. The summed E-state index contributed by atoms with van der Waals surface area (Å²) in [7, 11) is 0. The molecule has 1 saturated heterocycles. The fourth-order valence-corrected chi connectivity index (χ4v) is 2.29. The Morgan fingerprint density at radius 3 is 3.05 bits per heavy atom. The average Bonchev–Trinajstić information content (AvgIpc) is 2.79. The maximum Gasteiger partial charge on any atom is 0.251 e. The number of aliphatic hydroxyl groups excluding tert-OH is 1. The molecule has 1 fully saturated rings. The largest absolute Gasteiger partial charge is 0.395 e. The molecule has 1 aromatic rings. The van der Waals surface area contributed by atoms with Gasteiger partial charge in [-0.15, -0.1) is 0 Å². The molecule has 1 aliphatic heterocycles. The molecule has 0 radical (unpaired) electrons. The molecule has 4 heteroatoms. The summed E-state index contributed by atoms with van der Waals surface area (Å²) >= 11 is 0. The maximum atomic E-state index is 12.4. The average molecular weight is 287 g/mol. The van der Waals surface area contributed by atoms with Crippen molar-refractivity contribution in [3.8, 4) is 11.8 Å². The first-order chi connectivity index (χ1) is 10.0. The van der Waals surface area contributed by atoms with Crippen LogP contribution in [0.2, 0.25) is 0 Å². The van der Waals surface area contributed by atoms with Gasteiger partial charge in [-0.3, -0.25) is 4.79 Å². The second-order valence-corrected chi connectivity index (χ2v) is 5.49. The van der Waals surface area contributed by atoms with E-state index in [0.717, 1.165) is 12.0 Å². The molecular weight excluding hydrogens is 266 g/mol. The van der Waals surface area contributed by atoms with Gasteiger partial charge in [0, 0.05) is 24.2 Å². The van der Waals surface area contributed by atoms with E-state index in [1.807, 2.05) is 26.0 Å². The van der Waals surface area contributed by atoms with Crippen LogP contribution in [0.25, 0.3) is 0 Å². The molecule has 1 heterocycles. The molecule has 0 bridgehead atoms. The first-order valence-corrected chi connectivity index (χ1v) is 7.19. The van der Waals surface area contributed by atoms with Crippen LogP contribution in [0.4, 0.5) is 0 Å². The third-order valence-corrected chi connectivity index (χ3v) is 3.88. The van der Waals surface area contributed by atoms with Gasteiger partial charge in [0.2, 0.25) is 0 Å². The Balaban J connectivity index is 2.09. The fourth-order valence-electron chi connectivity index (χ4n) is 2.29. The van der Waals surface area contributed by atoms with Crippen LogP contribution in [0.3, 0.4) is 0 Å². The van der Waals surface area contributed by atoms with Crippen LogP contribution < -0.4 is 5.32 Å². The van der Waals surface area contributed by atoms with E-state index in [2.05, 4.69) is 17.2 Å². The number of nitrogens with one attached hydrogen (secondary N) is 1. The molecule has 2 N–H and O–H groups in total. The van der Waals surface area contributed by atoms with Crippen molar-refractivity contribution in [2.24, 2.45) is 0 Å². The van der Waals surface area contributed by atoms with E-state index in [0.29, 0.717) is 18.6 Å². The van der Waals surface area contributed by atoms with E-state index >= 15 is 0 Å². The monoisotopic (exact) mass is 287 g/mol. The molecule has 1 aromatic carbocycles. The summed E-state index contributed by atoms with van der Waals surface area (Å²) in [4.78, 5) is 12.4. The number of carbonyl (C=O) groups is 1. The van der Waals surface area contributed by atoms with Gasteiger partial charge in [0.15, 0.2) is 0 Å². The molecule has 2 atom stereocenters. The van der Waals surface area contributed by atoms with E-state index in [1.54, 1.807) is 12.1 Å². The van der Waals surface area contributed by atoms with Crippen molar-refractivity contribution in [1.29, 1.82) is 0 Å². The van der Waals surface area contributed by atoms with Crippen molar-refractivity contribution >= 4 is 5.91 Å². The highest BCUT2D eigenvalue weighted by atomic mass is 16.5. The van der Waals surface area contributed by atoms with Gasteiger partial charge < -0.3 is 15.2 Å². The summed E-state index contributed by atoms with van der Waals surface area (Å²) in [5, 5.41) is 11.8. The zero-order chi connectivity index (χ0) is 15.3. The second kappa shape index (κ2) is 6.75. The molecule has 0 spiro atoms. The predicted molar refractivity (Wildman–Crippen MR) is 80.9 cm³/mol. The molecule has 2 unspecified atom stereocenters.